The van der Waals surface area contributed by atoms with Crippen LogP contribution in [0.4, 0.5) is 0 Å². The molecule has 2 unspecified atom stereocenters. The van der Waals surface area contributed by atoms with Gasteiger partial charge < -0.3 is 9.84 Å². The molecule has 1 N–H and O–H groups in total. The monoisotopic (exact) mass is 228 g/mol. The van der Waals surface area contributed by atoms with Crippen LogP contribution in [-0.4, -0.2) is 23.8 Å². The number of carbonyl (C=O) groups excluding carboxylic acids is 1. The summed E-state index contributed by atoms with van der Waals surface area (Å²) in [5, 5.41) is 9.97. The maximum absolute atomic E-state index is 11.9. The van der Waals surface area contributed by atoms with Gasteiger partial charge in [0.15, 0.2) is 0 Å². The minimum Gasteiger partial charge on any atom is -0.466 e. The number of rotatable bonds is 5. The summed E-state index contributed by atoms with van der Waals surface area (Å²) in [7, 11) is 0. The maximum Gasteiger partial charge on any atom is 0.311 e. The van der Waals surface area contributed by atoms with Gasteiger partial charge >= 0.3 is 5.97 Å². The molecule has 0 spiro atoms. The number of hydrogen-bond acceptors (Lipinski definition) is 3. The molecule has 16 heavy (non-hydrogen) atoms. The van der Waals surface area contributed by atoms with Crippen molar-refractivity contribution in [2.45, 2.75) is 58.5 Å². The van der Waals surface area contributed by atoms with Crippen LogP contribution in [0.25, 0.3) is 0 Å². The first-order chi connectivity index (χ1) is 7.70. The van der Waals surface area contributed by atoms with Gasteiger partial charge in [-0.2, -0.15) is 0 Å². The van der Waals surface area contributed by atoms with Crippen molar-refractivity contribution in [1.29, 1.82) is 0 Å². The van der Waals surface area contributed by atoms with Crippen molar-refractivity contribution in [2.75, 3.05) is 6.61 Å². The van der Waals surface area contributed by atoms with E-state index in [1.807, 2.05) is 13.8 Å². The molecule has 0 radical (unpaired) electrons. The zero-order valence-corrected chi connectivity index (χ0v) is 10.4. The molecule has 0 aromatic rings. The minimum absolute atomic E-state index is 0.205. The van der Waals surface area contributed by atoms with Gasteiger partial charge in [-0.3, -0.25) is 4.79 Å². The Morgan fingerprint density at radius 2 is 1.94 bits per heavy atom. The Balaban J connectivity index is 2.64. The van der Waals surface area contributed by atoms with Crippen molar-refractivity contribution in [3.63, 3.8) is 0 Å². The molecule has 1 saturated carbocycles. The molecular weight excluding hydrogens is 204 g/mol. The van der Waals surface area contributed by atoms with Crippen molar-refractivity contribution in [3.8, 4) is 0 Å². The SMILES string of the molecule is CCOC(=O)C(C(O)CC)C1CCCCC1. The maximum atomic E-state index is 11.9. The van der Waals surface area contributed by atoms with Gasteiger partial charge in [-0.05, 0) is 32.1 Å². The first-order valence-corrected chi connectivity index (χ1v) is 6.55. The quantitative estimate of drug-likeness (QED) is 0.735. The fraction of sp³-hybridized carbons (Fsp3) is 0.923. The lowest BCUT2D eigenvalue weighted by atomic mass is 9.77. The van der Waals surface area contributed by atoms with Crippen LogP contribution in [0.2, 0.25) is 0 Å². The van der Waals surface area contributed by atoms with Crippen LogP contribution < -0.4 is 0 Å². The molecule has 0 aromatic heterocycles. The highest BCUT2D eigenvalue weighted by molar-refractivity contribution is 5.73. The van der Waals surface area contributed by atoms with E-state index in [-0.39, 0.29) is 11.9 Å². The molecule has 0 bridgehead atoms. The highest BCUT2D eigenvalue weighted by Crippen LogP contribution is 2.33. The van der Waals surface area contributed by atoms with Crippen molar-refractivity contribution < 1.29 is 14.6 Å². The van der Waals surface area contributed by atoms with Crippen LogP contribution in [0, 0.1) is 11.8 Å². The van der Waals surface area contributed by atoms with Gasteiger partial charge in [0.1, 0.15) is 0 Å². The van der Waals surface area contributed by atoms with Crippen LogP contribution in [0.1, 0.15) is 52.4 Å². The van der Waals surface area contributed by atoms with Crippen LogP contribution in [-0.2, 0) is 9.53 Å². The lowest BCUT2D eigenvalue weighted by Crippen LogP contribution is -2.36. The standard InChI is InChI=1S/C13H24O3/c1-3-11(14)12(13(15)16-4-2)10-8-6-5-7-9-10/h10-12,14H,3-9H2,1-2H3. The van der Waals surface area contributed by atoms with Gasteiger partial charge in [-0.1, -0.05) is 26.2 Å². The molecule has 94 valence electrons. The molecule has 2 atom stereocenters. The third kappa shape index (κ3) is 3.48. The Morgan fingerprint density at radius 3 is 2.44 bits per heavy atom. The predicted octanol–water partition coefficient (Wildman–Crippen LogP) is 2.52. The number of esters is 1. The van der Waals surface area contributed by atoms with Crippen molar-refractivity contribution in [3.05, 3.63) is 0 Å². The number of ether oxygens (including phenoxy) is 1. The van der Waals surface area contributed by atoms with E-state index in [1.54, 1.807) is 0 Å². The van der Waals surface area contributed by atoms with E-state index in [1.165, 1.54) is 19.3 Å². The molecule has 3 heteroatoms. The molecule has 0 heterocycles. The van der Waals surface area contributed by atoms with E-state index < -0.39 is 6.10 Å². The smallest absolute Gasteiger partial charge is 0.311 e. The van der Waals surface area contributed by atoms with Crippen molar-refractivity contribution >= 4 is 5.97 Å². The second-order valence-electron chi connectivity index (χ2n) is 4.65. The normalized spacial score (nSPS) is 21.4. The Morgan fingerprint density at radius 1 is 1.31 bits per heavy atom. The third-order valence-electron chi connectivity index (χ3n) is 3.55. The van der Waals surface area contributed by atoms with Crippen molar-refractivity contribution in [1.82, 2.24) is 0 Å². The molecule has 0 aliphatic heterocycles. The van der Waals surface area contributed by atoms with Gasteiger partial charge in [0, 0.05) is 0 Å². The molecule has 1 aliphatic rings. The highest BCUT2D eigenvalue weighted by Gasteiger charge is 2.35. The summed E-state index contributed by atoms with van der Waals surface area (Å²) in [6.45, 7) is 4.13. The van der Waals surface area contributed by atoms with Crippen LogP contribution in [0.3, 0.4) is 0 Å². The average Bonchev–Trinajstić information content (AvgIpc) is 2.31. The summed E-state index contributed by atoms with van der Waals surface area (Å²) in [6.07, 6.45) is 5.81. The number of aliphatic hydroxyl groups excluding tert-OH is 1. The van der Waals surface area contributed by atoms with Crippen LogP contribution in [0.5, 0.6) is 0 Å². The van der Waals surface area contributed by atoms with E-state index in [9.17, 15) is 9.90 Å². The average molecular weight is 228 g/mol. The Bertz CT molecular complexity index is 209. The number of carbonyl (C=O) groups is 1. The third-order valence-corrected chi connectivity index (χ3v) is 3.55. The molecule has 3 nitrogen and oxygen atoms in total. The predicted molar refractivity (Wildman–Crippen MR) is 63.0 cm³/mol. The zero-order valence-electron chi connectivity index (χ0n) is 10.4. The first-order valence-electron chi connectivity index (χ1n) is 6.55. The number of hydrogen-bond donors (Lipinski definition) is 1. The summed E-state index contributed by atoms with van der Waals surface area (Å²) in [5.41, 5.74) is 0. The minimum atomic E-state index is -0.540. The molecular formula is C13H24O3. The fourth-order valence-corrected chi connectivity index (χ4v) is 2.65. The molecule has 1 fully saturated rings. The molecule has 0 aromatic carbocycles. The van der Waals surface area contributed by atoms with Crippen LogP contribution in [0.15, 0.2) is 0 Å². The second kappa shape index (κ2) is 6.89. The summed E-state index contributed by atoms with van der Waals surface area (Å²) in [5.74, 6) is -0.184. The van der Waals surface area contributed by atoms with E-state index in [4.69, 9.17) is 4.74 Å². The first kappa shape index (κ1) is 13.5. The van der Waals surface area contributed by atoms with Gasteiger partial charge in [-0.15, -0.1) is 0 Å². The summed E-state index contributed by atoms with van der Waals surface area (Å²) < 4.78 is 5.08. The Labute approximate surface area is 98.2 Å². The van der Waals surface area contributed by atoms with Gasteiger partial charge in [-0.25, -0.2) is 0 Å². The molecule has 1 rings (SSSR count). The molecule has 0 amide bonds. The largest absolute Gasteiger partial charge is 0.466 e. The second-order valence-corrected chi connectivity index (χ2v) is 4.65. The van der Waals surface area contributed by atoms with E-state index in [0.29, 0.717) is 18.9 Å². The van der Waals surface area contributed by atoms with E-state index in [2.05, 4.69) is 0 Å². The number of aliphatic hydroxyl groups is 1. The summed E-state index contributed by atoms with van der Waals surface area (Å²) in [6, 6.07) is 0. The molecule has 0 saturated heterocycles. The zero-order chi connectivity index (χ0) is 12.0. The van der Waals surface area contributed by atoms with Gasteiger partial charge in [0.2, 0.25) is 0 Å². The Hall–Kier alpha value is -0.570. The topological polar surface area (TPSA) is 46.5 Å². The van der Waals surface area contributed by atoms with Gasteiger partial charge in [0.05, 0.1) is 18.6 Å². The van der Waals surface area contributed by atoms with E-state index in [0.717, 1.165) is 12.8 Å². The summed E-state index contributed by atoms with van der Waals surface area (Å²) in [4.78, 5) is 11.9. The lowest BCUT2D eigenvalue weighted by molar-refractivity contribution is -0.155. The van der Waals surface area contributed by atoms with E-state index >= 15 is 0 Å². The Kier molecular flexibility index (Phi) is 5.81. The van der Waals surface area contributed by atoms with Gasteiger partial charge in [0.25, 0.3) is 0 Å². The highest BCUT2D eigenvalue weighted by atomic mass is 16.5. The molecule has 1 aliphatic carbocycles. The van der Waals surface area contributed by atoms with Crippen LogP contribution >= 0.6 is 0 Å². The fourth-order valence-electron chi connectivity index (χ4n) is 2.65. The summed E-state index contributed by atoms with van der Waals surface area (Å²) >= 11 is 0. The van der Waals surface area contributed by atoms with Crippen molar-refractivity contribution in [2.24, 2.45) is 11.8 Å². The lowest BCUT2D eigenvalue weighted by Gasteiger charge is -2.31.